The number of anilines is 4. The molecule has 2 atom stereocenters. The van der Waals surface area contributed by atoms with E-state index in [-0.39, 0.29) is 35.5 Å². The van der Waals surface area contributed by atoms with Gasteiger partial charge in [0.2, 0.25) is 11.9 Å². The Balaban J connectivity index is 0.000000188. The Labute approximate surface area is 282 Å². The number of aromatic nitrogens is 4. The molecule has 12 nitrogen and oxygen atoms in total. The predicted molar refractivity (Wildman–Crippen MR) is 189 cm³/mol. The highest BCUT2D eigenvalue weighted by atomic mass is 16.5. The molecule has 4 aromatic rings. The van der Waals surface area contributed by atoms with Crippen molar-refractivity contribution in [1.82, 2.24) is 19.9 Å². The zero-order chi connectivity index (χ0) is 34.2. The number of rotatable bonds is 6. The average Bonchev–Trinajstić information content (AvgIpc) is 3.46. The Morgan fingerprint density at radius 3 is 1.40 bits per heavy atom. The molecule has 0 amide bonds. The van der Waals surface area contributed by atoms with E-state index in [0.717, 1.165) is 97.3 Å². The first-order valence-corrected chi connectivity index (χ1v) is 16.7. The van der Waals surface area contributed by atoms with Crippen molar-refractivity contribution in [1.29, 1.82) is 0 Å². The Morgan fingerprint density at radius 1 is 0.604 bits per heavy atom. The van der Waals surface area contributed by atoms with Gasteiger partial charge in [-0.3, -0.25) is 0 Å². The molecule has 6 N–H and O–H groups in total. The monoisotopic (exact) mass is 656 g/mol. The first-order valence-electron chi connectivity index (χ1n) is 16.7. The van der Waals surface area contributed by atoms with Crippen LogP contribution in [0.1, 0.15) is 86.0 Å². The lowest BCUT2D eigenvalue weighted by Crippen LogP contribution is -2.30. The van der Waals surface area contributed by atoms with Gasteiger partial charge >= 0.3 is 0 Å². The quantitative estimate of drug-likeness (QED) is 0.180. The molecule has 2 aromatic heterocycles. The third-order valence-corrected chi connectivity index (χ3v) is 8.95. The average molecular weight is 657 g/mol. The summed E-state index contributed by atoms with van der Waals surface area (Å²) in [6.45, 7) is 5.62. The number of aryl methyl sites for hydroxylation is 2. The Kier molecular flexibility index (Phi) is 11.3. The van der Waals surface area contributed by atoms with Crippen LogP contribution >= 0.6 is 0 Å². The molecule has 0 aliphatic carbocycles. The van der Waals surface area contributed by atoms with Gasteiger partial charge in [0, 0.05) is 47.7 Å². The number of nitrogen functional groups attached to an aromatic ring is 2. The molecular weight excluding hydrogens is 608 g/mol. The van der Waals surface area contributed by atoms with Crippen molar-refractivity contribution in [3.8, 4) is 23.0 Å². The summed E-state index contributed by atoms with van der Waals surface area (Å²) in [6, 6.07) is 14.6. The molecule has 256 valence electrons. The van der Waals surface area contributed by atoms with E-state index in [9.17, 15) is 10.2 Å². The fourth-order valence-corrected chi connectivity index (χ4v) is 6.82. The van der Waals surface area contributed by atoms with Crippen molar-refractivity contribution in [2.24, 2.45) is 0 Å². The van der Waals surface area contributed by atoms with E-state index in [1.54, 1.807) is 38.5 Å². The van der Waals surface area contributed by atoms with Crippen molar-refractivity contribution in [3.05, 3.63) is 71.0 Å². The van der Waals surface area contributed by atoms with Gasteiger partial charge in [-0.2, -0.15) is 9.97 Å². The maximum absolute atomic E-state index is 9.96. The number of ether oxygens (including phenoxy) is 2. The maximum Gasteiger partial charge on any atom is 0.222 e. The van der Waals surface area contributed by atoms with Crippen LogP contribution in [0.25, 0.3) is 0 Å². The lowest BCUT2D eigenvalue weighted by atomic mass is 9.99. The Hall–Kier alpha value is -5.00. The highest BCUT2D eigenvalue weighted by molar-refractivity contribution is 5.52. The van der Waals surface area contributed by atoms with E-state index in [1.165, 1.54) is 12.8 Å². The summed E-state index contributed by atoms with van der Waals surface area (Å²) in [5.41, 5.74) is 15.4. The first-order chi connectivity index (χ1) is 23.2. The molecule has 48 heavy (non-hydrogen) atoms. The summed E-state index contributed by atoms with van der Waals surface area (Å²) in [4.78, 5) is 21.8. The molecule has 0 bridgehead atoms. The van der Waals surface area contributed by atoms with E-state index in [2.05, 4.69) is 29.7 Å². The zero-order valence-corrected chi connectivity index (χ0v) is 28.4. The molecule has 0 radical (unpaired) electrons. The number of methoxy groups -OCH3 is 2. The molecule has 6 rings (SSSR count). The number of nitrogens with two attached hydrogens (primary N) is 2. The maximum atomic E-state index is 9.96. The second-order valence-electron chi connectivity index (χ2n) is 12.4. The van der Waals surface area contributed by atoms with Gasteiger partial charge in [0.05, 0.1) is 26.3 Å². The number of phenolic OH excluding ortho intramolecular Hbond substituents is 2. The minimum Gasteiger partial charge on any atom is -0.508 e. The molecule has 0 unspecified atom stereocenters. The largest absolute Gasteiger partial charge is 0.508 e. The van der Waals surface area contributed by atoms with Crippen molar-refractivity contribution < 1.29 is 19.7 Å². The van der Waals surface area contributed by atoms with E-state index >= 15 is 0 Å². The Bertz CT molecular complexity index is 1520. The lowest BCUT2D eigenvalue weighted by molar-refractivity contribution is 0.399. The van der Waals surface area contributed by atoms with Crippen LogP contribution in [-0.2, 0) is 0 Å². The summed E-state index contributed by atoms with van der Waals surface area (Å²) in [6.07, 6.45) is 8.74. The van der Waals surface area contributed by atoms with E-state index in [0.29, 0.717) is 0 Å². The number of benzene rings is 2. The Morgan fingerprint density at radius 2 is 1.02 bits per heavy atom. The molecule has 2 saturated heterocycles. The number of aromatic hydroxyl groups is 2. The molecule has 2 aliphatic rings. The van der Waals surface area contributed by atoms with Crippen LogP contribution < -0.4 is 30.7 Å². The minimum absolute atomic E-state index is 0.0863. The fourth-order valence-electron chi connectivity index (χ4n) is 6.82. The third-order valence-electron chi connectivity index (χ3n) is 8.95. The van der Waals surface area contributed by atoms with Gasteiger partial charge in [0.15, 0.2) is 0 Å². The summed E-state index contributed by atoms with van der Waals surface area (Å²) in [5.74, 6) is 4.29. The summed E-state index contributed by atoms with van der Waals surface area (Å²) >= 11 is 0. The standard InChI is InChI=1S/2C18H24N4O2/c2*1-12-10-17(21-18(19)20-12)22-9-5-3-4-6-15(22)14-11-13(23)7-8-16(14)24-2/h2*7-8,10-11,15,23H,3-6,9H2,1-2H3,(H2,19,20,21)/t2*15-/m10/s1. The van der Waals surface area contributed by atoms with Gasteiger partial charge in [-0.25, -0.2) is 9.97 Å². The second-order valence-corrected chi connectivity index (χ2v) is 12.4. The highest BCUT2D eigenvalue weighted by Gasteiger charge is 2.29. The molecular formula is C36H48N8O4. The van der Waals surface area contributed by atoms with Crippen LogP contribution in [0.15, 0.2) is 48.5 Å². The summed E-state index contributed by atoms with van der Waals surface area (Å²) < 4.78 is 11.1. The summed E-state index contributed by atoms with van der Waals surface area (Å²) in [5, 5.41) is 19.9. The molecule has 12 heteroatoms. The number of phenols is 2. The number of hydrogen-bond acceptors (Lipinski definition) is 12. The molecule has 0 spiro atoms. The van der Waals surface area contributed by atoms with Crippen LogP contribution in [-0.4, -0.2) is 57.5 Å². The van der Waals surface area contributed by atoms with Gasteiger partial charge in [-0.1, -0.05) is 25.7 Å². The first kappa shape index (κ1) is 34.3. The molecule has 0 saturated carbocycles. The van der Waals surface area contributed by atoms with E-state index in [4.69, 9.17) is 20.9 Å². The molecule has 2 aromatic carbocycles. The third kappa shape index (κ3) is 8.28. The minimum atomic E-state index is 0.0863. The topological polar surface area (TPSA) is 169 Å². The van der Waals surface area contributed by atoms with Crippen LogP contribution in [0.4, 0.5) is 23.5 Å². The van der Waals surface area contributed by atoms with E-state index < -0.39 is 0 Å². The van der Waals surface area contributed by atoms with Gasteiger partial charge < -0.3 is 41.0 Å². The van der Waals surface area contributed by atoms with Gasteiger partial charge in [-0.15, -0.1) is 0 Å². The van der Waals surface area contributed by atoms with E-state index in [1.807, 2.05) is 38.1 Å². The predicted octanol–water partition coefficient (Wildman–Crippen LogP) is 6.41. The fraction of sp³-hybridized carbons (Fsp3) is 0.444. The lowest BCUT2D eigenvalue weighted by Gasteiger charge is -2.32. The zero-order valence-electron chi connectivity index (χ0n) is 28.4. The SMILES string of the molecule is COc1ccc(O)cc1[C@@H]1CCCCCN1c1cc(C)nc(N)n1.COc1ccc(O)cc1[C@H]1CCCCCN1c1cc(C)nc(N)n1. The van der Waals surface area contributed by atoms with Crippen LogP contribution in [0.5, 0.6) is 23.0 Å². The molecule has 2 fully saturated rings. The van der Waals surface area contributed by atoms with Crippen molar-refractivity contribution in [2.75, 3.05) is 48.6 Å². The molecule has 4 heterocycles. The van der Waals surface area contributed by atoms with Crippen LogP contribution in [0.2, 0.25) is 0 Å². The number of hydrogen-bond donors (Lipinski definition) is 4. The van der Waals surface area contributed by atoms with Crippen molar-refractivity contribution in [3.63, 3.8) is 0 Å². The van der Waals surface area contributed by atoms with Crippen molar-refractivity contribution in [2.45, 2.75) is 77.3 Å². The normalized spacial score (nSPS) is 18.2. The van der Waals surface area contributed by atoms with Gasteiger partial charge in [-0.05, 0) is 75.9 Å². The second kappa shape index (κ2) is 15.7. The van der Waals surface area contributed by atoms with Gasteiger partial charge in [0.1, 0.15) is 34.6 Å². The smallest absolute Gasteiger partial charge is 0.222 e. The van der Waals surface area contributed by atoms with Crippen LogP contribution in [0, 0.1) is 13.8 Å². The summed E-state index contributed by atoms with van der Waals surface area (Å²) in [7, 11) is 3.31. The van der Waals surface area contributed by atoms with Crippen LogP contribution in [0.3, 0.4) is 0 Å². The molecule has 2 aliphatic heterocycles. The van der Waals surface area contributed by atoms with Crippen molar-refractivity contribution >= 4 is 23.5 Å². The van der Waals surface area contributed by atoms with Gasteiger partial charge in [0.25, 0.3) is 0 Å². The number of nitrogens with zero attached hydrogens (tertiary/aromatic N) is 6. The highest BCUT2D eigenvalue weighted by Crippen LogP contribution is 2.41.